The van der Waals surface area contributed by atoms with E-state index in [0.717, 1.165) is 50.5 Å². The number of nitrogens with zero attached hydrogens (tertiary/aromatic N) is 3. The van der Waals surface area contributed by atoms with Crippen LogP contribution in [0.2, 0.25) is 0 Å². The molecule has 0 aliphatic rings. The maximum atomic E-state index is 5.18. The van der Waals surface area contributed by atoms with Gasteiger partial charge in [-0.3, -0.25) is 4.98 Å². The summed E-state index contributed by atoms with van der Waals surface area (Å²) >= 11 is 0. The van der Waals surface area contributed by atoms with Gasteiger partial charge in [0.05, 0.1) is 16.9 Å². The van der Waals surface area contributed by atoms with Gasteiger partial charge in [-0.15, -0.1) is 0 Å². The molecule has 0 radical (unpaired) electrons. The minimum atomic E-state index is 0.887. The quantitative estimate of drug-likeness (QED) is 0.166. The molecule has 0 N–H and O–H groups in total. The number of aromatic nitrogens is 2. The van der Waals surface area contributed by atoms with Crippen LogP contribution in [0.25, 0.3) is 77.2 Å². The Hall–Kier alpha value is -7.36. The van der Waals surface area contributed by atoms with Crippen molar-refractivity contribution in [3.63, 3.8) is 0 Å². The van der Waals surface area contributed by atoms with Gasteiger partial charge in [0, 0.05) is 39.8 Å². The fourth-order valence-corrected chi connectivity index (χ4v) is 7.61. The molecule has 10 aromatic rings. The SMILES string of the molecule is c1ccc(-c2ccc3cc(N(c4ccc(-c5ccc6ccccc6c5)cc4)c4ccc(-c5cc6cccnc6c(-c6ccccc6)n5)cc4)ccc3c2)cc1. The lowest BCUT2D eigenvalue weighted by molar-refractivity contribution is 1.28. The van der Waals surface area contributed by atoms with Crippen molar-refractivity contribution in [2.45, 2.75) is 0 Å². The summed E-state index contributed by atoms with van der Waals surface area (Å²) in [5, 5.41) is 5.95. The smallest absolute Gasteiger partial charge is 0.0972 e. The first-order chi connectivity index (χ1) is 27.2. The van der Waals surface area contributed by atoms with Crippen LogP contribution >= 0.6 is 0 Å². The van der Waals surface area contributed by atoms with E-state index in [-0.39, 0.29) is 0 Å². The first-order valence-electron chi connectivity index (χ1n) is 18.6. The predicted octanol–water partition coefficient (Wildman–Crippen LogP) is 14.1. The maximum absolute atomic E-state index is 5.18. The molecule has 0 saturated heterocycles. The molecule has 0 aliphatic heterocycles. The zero-order chi connectivity index (χ0) is 36.6. The molecule has 2 aromatic heterocycles. The van der Waals surface area contributed by atoms with Crippen LogP contribution in [0.1, 0.15) is 0 Å². The Labute approximate surface area is 320 Å². The summed E-state index contributed by atoms with van der Waals surface area (Å²) in [6.07, 6.45) is 1.84. The van der Waals surface area contributed by atoms with E-state index in [2.05, 4.69) is 187 Å². The van der Waals surface area contributed by atoms with Gasteiger partial charge >= 0.3 is 0 Å². The van der Waals surface area contributed by atoms with Crippen molar-refractivity contribution in [3.8, 4) is 44.8 Å². The number of hydrogen-bond acceptors (Lipinski definition) is 3. The molecule has 3 heteroatoms. The lowest BCUT2D eigenvalue weighted by Gasteiger charge is -2.26. The molecule has 2 heterocycles. The molecule has 10 rings (SSSR count). The fraction of sp³-hybridized carbons (Fsp3) is 0. The van der Waals surface area contributed by atoms with Gasteiger partial charge in [-0.05, 0) is 104 Å². The zero-order valence-corrected chi connectivity index (χ0v) is 30.0. The van der Waals surface area contributed by atoms with E-state index in [9.17, 15) is 0 Å². The maximum Gasteiger partial charge on any atom is 0.0972 e. The molecule has 0 unspecified atom stereocenters. The van der Waals surface area contributed by atoms with E-state index < -0.39 is 0 Å². The van der Waals surface area contributed by atoms with Gasteiger partial charge < -0.3 is 4.90 Å². The van der Waals surface area contributed by atoms with E-state index in [1.54, 1.807) is 0 Å². The topological polar surface area (TPSA) is 29.0 Å². The third-order valence-electron chi connectivity index (χ3n) is 10.5. The normalized spacial score (nSPS) is 11.3. The Kier molecular flexibility index (Phi) is 8.16. The highest BCUT2D eigenvalue weighted by atomic mass is 15.1. The molecule has 8 aromatic carbocycles. The fourth-order valence-electron chi connectivity index (χ4n) is 7.61. The summed E-state index contributed by atoms with van der Waals surface area (Å²) in [6.45, 7) is 0. The molecule has 258 valence electrons. The number of pyridine rings is 2. The second-order valence-corrected chi connectivity index (χ2v) is 13.9. The minimum Gasteiger partial charge on any atom is -0.310 e. The Morgan fingerprint density at radius 2 is 0.800 bits per heavy atom. The molecule has 0 aliphatic carbocycles. The van der Waals surface area contributed by atoms with E-state index in [1.807, 2.05) is 30.5 Å². The van der Waals surface area contributed by atoms with Crippen molar-refractivity contribution in [2.24, 2.45) is 0 Å². The summed E-state index contributed by atoms with van der Waals surface area (Å²) in [5.41, 5.74) is 12.9. The van der Waals surface area contributed by atoms with Crippen LogP contribution < -0.4 is 4.90 Å². The van der Waals surface area contributed by atoms with Crippen LogP contribution in [0, 0.1) is 0 Å². The van der Waals surface area contributed by atoms with Gasteiger partial charge in [0.25, 0.3) is 0 Å². The average Bonchev–Trinajstić information content (AvgIpc) is 3.27. The third kappa shape index (κ3) is 6.28. The van der Waals surface area contributed by atoms with E-state index >= 15 is 0 Å². The van der Waals surface area contributed by atoms with Gasteiger partial charge in [0.15, 0.2) is 0 Å². The standard InChI is InChI=1S/C52H35N3/c1-3-10-36(11-4-1)42-19-20-45-34-49(30-25-44(45)33-42)55(47-26-21-38(22-27-47)43-18-17-37-12-7-8-15-41(37)32-43)48-28-23-39(24-29-48)50-35-46-16-9-31-53-51(46)52(54-50)40-13-5-2-6-14-40/h1-35H. The molecular weight excluding hydrogens is 667 g/mol. The van der Waals surface area contributed by atoms with Gasteiger partial charge in [0.1, 0.15) is 0 Å². The van der Waals surface area contributed by atoms with Crippen molar-refractivity contribution >= 4 is 49.5 Å². The summed E-state index contributed by atoms with van der Waals surface area (Å²) < 4.78 is 0. The molecule has 0 amide bonds. The van der Waals surface area contributed by atoms with E-state index in [4.69, 9.17) is 9.97 Å². The second-order valence-electron chi connectivity index (χ2n) is 13.9. The summed E-state index contributed by atoms with van der Waals surface area (Å²) in [4.78, 5) is 12.2. The van der Waals surface area contributed by atoms with Gasteiger partial charge in [-0.1, -0.05) is 146 Å². The Balaban J connectivity index is 1.05. The Morgan fingerprint density at radius 1 is 0.309 bits per heavy atom. The Bertz CT molecular complexity index is 2960. The molecule has 55 heavy (non-hydrogen) atoms. The third-order valence-corrected chi connectivity index (χ3v) is 10.5. The van der Waals surface area contributed by atoms with Crippen LogP contribution in [0.15, 0.2) is 212 Å². The molecular formula is C52H35N3. The molecule has 3 nitrogen and oxygen atoms in total. The van der Waals surface area contributed by atoms with Crippen LogP contribution in [0.3, 0.4) is 0 Å². The van der Waals surface area contributed by atoms with E-state index in [1.165, 1.54) is 43.8 Å². The molecule has 0 saturated carbocycles. The first-order valence-corrected chi connectivity index (χ1v) is 18.6. The number of rotatable bonds is 7. The van der Waals surface area contributed by atoms with E-state index in [0.29, 0.717) is 0 Å². The van der Waals surface area contributed by atoms with Crippen LogP contribution in [-0.4, -0.2) is 9.97 Å². The largest absolute Gasteiger partial charge is 0.310 e. The number of benzene rings is 8. The monoisotopic (exact) mass is 701 g/mol. The van der Waals surface area contributed by atoms with Crippen molar-refractivity contribution in [3.05, 3.63) is 212 Å². The average molecular weight is 702 g/mol. The summed E-state index contributed by atoms with van der Waals surface area (Å²) in [6, 6.07) is 73.5. The van der Waals surface area contributed by atoms with Crippen LogP contribution in [0.4, 0.5) is 17.1 Å². The summed E-state index contributed by atoms with van der Waals surface area (Å²) in [5.74, 6) is 0. The van der Waals surface area contributed by atoms with Crippen molar-refractivity contribution < 1.29 is 0 Å². The first kappa shape index (κ1) is 32.3. The highest BCUT2D eigenvalue weighted by Gasteiger charge is 2.16. The second kappa shape index (κ2) is 13.9. The van der Waals surface area contributed by atoms with Gasteiger partial charge in [-0.25, -0.2) is 4.98 Å². The number of fused-ring (bicyclic) bond motifs is 3. The lowest BCUT2D eigenvalue weighted by atomic mass is 10.00. The number of hydrogen-bond donors (Lipinski definition) is 0. The van der Waals surface area contributed by atoms with Crippen molar-refractivity contribution in [2.75, 3.05) is 4.90 Å². The number of anilines is 3. The zero-order valence-electron chi connectivity index (χ0n) is 30.0. The molecule has 0 atom stereocenters. The van der Waals surface area contributed by atoms with Crippen molar-refractivity contribution in [1.29, 1.82) is 0 Å². The highest BCUT2D eigenvalue weighted by molar-refractivity contribution is 5.95. The van der Waals surface area contributed by atoms with Crippen LogP contribution in [0.5, 0.6) is 0 Å². The molecule has 0 spiro atoms. The molecule has 0 bridgehead atoms. The van der Waals surface area contributed by atoms with Crippen LogP contribution in [-0.2, 0) is 0 Å². The Morgan fingerprint density at radius 3 is 1.51 bits per heavy atom. The summed E-state index contributed by atoms with van der Waals surface area (Å²) in [7, 11) is 0. The van der Waals surface area contributed by atoms with Gasteiger partial charge in [-0.2, -0.15) is 0 Å². The highest BCUT2D eigenvalue weighted by Crippen LogP contribution is 2.39. The lowest BCUT2D eigenvalue weighted by Crippen LogP contribution is -2.10. The molecule has 0 fully saturated rings. The predicted molar refractivity (Wildman–Crippen MR) is 231 cm³/mol. The van der Waals surface area contributed by atoms with Crippen molar-refractivity contribution in [1.82, 2.24) is 9.97 Å². The minimum absolute atomic E-state index is 0.887. The van der Waals surface area contributed by atoms with Gasteiger partial charge in [0.2, 0.25) is 0 Å².